The fraction of sp³-hybridized carbons (Fsp3) is 0.818. The Morgan fingerprint density at radius 1 is 1.44 bits per heavy atom. The maximum atomic E-state index is 11.3. The van der Waals surface area contributed by atoms with Gasteiger partial charge in [-0.25, -0.2) is 4.79 Å². The molecule has 0 saturated heterocycles. The fourth-order valence-corrected chi connectivity index (χ4v) is 1.05. The van der Waals surface area contributed by atoms with Crippen molar-refractivity contribution in [3.8, 4) is 0 Å². The van der Waals surface area contributed by atoms with Crippen LogP contribution in [0, 0.1) is 0 Å². The highest BCUT2D eigenvalue weighted by Crippen LogP contribution is 2.07. The van der Waals surface area contributed by atoms with E-state index < -0.39 is 11.7 Å². The molecule has 0 heterocycles. The molecule has 0 aromatic rings. The van der Waals surface area contributed by atoms with E-state index in [2.05, 4.69) is 5.32 Å². The summed E-state index contributed by atoms with van der Waals surface area (Å²) in [6.07, 6.45) is 0.173. The quantitative estimate of drug-likeness (QED) is 0.754. The van der Waals surface area contributed by atoms with Gasteiger partial charge in [0.2, 0.25) is 0 Å². The number of carbonyl (C=O) groups is 1. The molecule has 3 N–H and O–H groups in total. The molecule has 1 atom stereocenters. The molecule has 0 aromatic carbocycles. The SMILES string of the molecule is CC.CCC(NC(=O)OC(C)(C)C)C(N)=S. The van der Waals surface area contributed by atoms with E-state index in [0.29, 0.717) is 6.42 Å². The number of hydrogen-bond acceptors (Lipinski definition) is 3. The second-order valence-corrected chi connectivity index (χ2v) is 4.48. The number of ether oxygens (including phenoxy) is 1. The summed E-state index contributed by atoms with van der Waals surface area (Å²) in [6.45, 7) is 11.3. The Kier molecular flexibility index (Phi) is 9.14. The van der Waals surface area contributed by atoms with Crippen molar-refractivity contribution in [2.24, 2.45) is 5.73 Å². The van der Waals surface area contributed by atoms with Crippen molar-refractivity contribution >= 4 is 23.3 Å². The summed E-state index contributed by atoms with van der Waals surface area (Å²) in [5.41, 5.74) is 4.92. The average molecular weight is 248 g/mol. The highest BCUT2D eigenvalue weighted by atomic mass is 32.1. The minimum absolute atomic E-state index is 0.276. The summed E-state index contributed by atoms with van der Waals surface area (Å²) < 4.78 is 5.05. The molecule has 5 heteroatoms. The standard InChI is InChI=1S/C9H18N2O2S.C2H6/c1-5-6(7(10)14)11-8(12)13-9(2,3)4;1-2/h6H,5H2,1-4H3,(H2,10,14)(H,11,12);1-2H3. The minimum atomic E-state index is -0.501. The van der Waals surface area contributed by atoms with Gasteiger partial charge in [-0.1, -0.05) is 33.0 Å². The summed E-state index contributed by atoms with van der Waals surface area (Å²) in [5.74, 6) is 0. The van der Waals surface area contributed by atoms with Crippen LogP contribution in [0.2, 0.25) is 0 Å². The molecule has 0 rings (SSSR count). The predicted molar refractivity (Wildman–Crippen MR) is 71.6 cm³/mol. The van der Waals surface area contributed by atoms with Crippen molar-refractivity contribution in [1.82, 2.24) is 5.32 Å². The molecular formula is C11H24N2O2S. The number of alkyl carbamates (subject to hydrolysis) is 1. The van der Waals surface area contributed by atoms with Crippen LogP contribution in [0.15, 0.2) is 0 Å². The van der Waals surface area contributed by atoms with E-state index in [-0.39, 0.29) is 11.0 Å². The van der Waals surface area contributed by atoms with Gasteiger partial charge in [-0.05, 0) is 27.2 Å². The number of nitrogens with one attached hydrogen (secondary N) is 1. The van der Waals surface area contributed by atoms with E-state index in [1.807, 2.05) is 20.8 Å². The molecule has 96 valence electrons. The first-order valence-electron chi connectivity index (χ1n) is 5.55. The zero-order chi connectivity index (χ0) is 13.4. The average Bonchev–Trinajstić information content (AvgIpc) is 2.14. The maximum absolute atomic E-state index is 11.3. The number of nitrogens with two attached hydrogens (primary N) is 1. The lowest BCUT2D eigenvalue weighted by Crippen LogP contribution is -2.45. The molecule has 0 aliphatic carbocycles. The second kappa shape index (κ2) is 8.33. The van der Waals surface area contributed by atoms with Crippen LogP contribution in [-0.4, -0.2) is 22.7 Å². The molecule has 0 saturated carbocycles. The van der Waals surface area contributed by atoms with Crippen LogP contribution in [0.25, 0.3) is 0 Å². The number of rotatable bonds is 3. The van der Waals surface area contributed by atoms with E-state index >= 15 is 0 Å². The summed E-state index contributed by atoms with van der Waals surface area (Å²) >= 11 is 4.78. The Morgan fingerprint density at radius 3 is 2.12 bits per heavy atom. The molecule has 1 unspecified atom stereocenters. The Labute approximate surface area is 104 Å². The first kappa shape index (κ1) is 17.6. The molecule has 0 bridgehead atoms. The van der Waals surface area contributed by atoms with E-state index in [1.54, 1.807) is 20.8 Å². The van der Waals surface area contributed by atoms with Crippen molar-refractivity contribution < 1.29 is 9.53 Å². The number of carbonyl (C=O) groups excluding carboxylic acids is 1. The molecule has 4 nitrogen and oxygen atoms in total. The second-order valence-electron chi connectivity index (χ2n) is 4.01. The van der Waals surface area contributed by atoms with Crippen molar-refractivity contribution in [3.05, 3.63) is 0 Å². The summed E-state index contributed by atoms with van der Waals surface area (Å²) in [6, 6.07) is -0.292. The van der Waals surface area contributed by atoms with Crippen molar-refractivity contribution in [2.45, 2.75) is 59.6 Å². The van der Waals surface area contributed by atoms with Gasteiger partial charge in [0.15, 0.2) is 0 Å². The molecule has 0 aliphatic rings. The van der Waals surface area contributed by atoms with Gasteiger partial charge in [0.1, 0.15) is 5.60 Å². The summed E-state index contributed by atoms with van der Waals surface area (Å²) in [7, 11) is 0. The van der Waals surface area contributed by atoms with Gasteiger partial charge >= 0.3 is 6.09 Å². The third-order valence-electron chi connectivity index (χ3n) is 1.44. The van der Waals surface area contributed by atoms with Gasteiger partial charge in [-0.15, -0.1) is 0 Å². The lowest BCUT2D eigenvalue weighted by atomic mass is 10.2. The van der Waals surface area contributed by atoms with Crippen LogP contribution in [0.5, 0.6) is 0 Å². The zero-order valence-electron chi connectivity index (χ0n) is 11.1. The third-order valence-corrected chi connectivity index (χ3v) is 1.73. The van der Waals surface area contributed by atoms with Gasteiger partial charge in [-0.2, -0.15) is 0 Å². The van der Waals surface area contributed by atoms with Gasteiger partial charge in [-0.3, -0.25) is 0 Å². The first-order valence-corrected chi connectivity index (χ1v) is 5.96. The highest BCUT2D eigenvalue weighted by Gasteiger charge is 2.19. The molecule has 0 spiro atoms. The normalized spacial score (nSPS) is 11.9. The van der Waals surface area contributed by atoms with Crippen LogP contribution in [0.4, 0.5) is 4.79 Å². The first-order chi connectivity index (χ1) is 7.26. The third kappa shape index (κ3) is 9.71. The van der Waals surface area contributed by atoms with Crippen LogP contribution < -0.4 is 11.1 Å². The van der Waals surface area contributed by atoms with Crippen molar-refractivity contribution in [2.75, 3.05) is 0 Å². The number of hydrogen-bond donors (Lipinski definition) is 2. The smallest absolute Gasteiger partial charge is 0.408 e. The molecule has 0 aliphatic heterocycles. The molecule has 0 aromatic heterocycles. The highest BCUT2D eigenvalue weighted by molar-refractivity contribution is 7.80. The van der Waals surface area contributed by atoms with Crippen molar-refractivity contribution in [3.63, 3.8) is 0 Å². The Morgan fingerprint density at radius 2 is 1.88 bits per heavy atom. The zero-order valence-corrected chi connectivity index (χ0v) is 11.9. The summed E-state index contributed by atoms with van der Waals surface area (Å²) in [5, 5.41) is 2.60. The summed E-state index contributed by atoms with van der Waals surface area (Å²) in [4.78, 5) is 11.6. The lowest BCUT2D eigenvalue weighted by Gasteiger charge is -2.22. The Bertz CT molecular complexity index is 225. The van der Waals surface area contributed by atoms with Crippen LogP contribution >= 0.6 is 12.2 Å². The number of thiocarbonyl (C=S) groups is 1. The fourth-order valence-electron chi connectivity index (χ4n) is 0.824. The Balaban J connectivity index is 0. The Hall–Kier alpha value is -0.840. The van der Waals surface area contributed by atoms with Gasteiger partial charge < -0.3 is 15.8 Å². The topological polar surface area (TPSA) is 64.3 Å². The minimum Gasteiger partial charge on any atom is -0.444 e. The predicted octanol–water partition coefficient (Wildman–Crippen LogP) is 2.60. The van der Waals surface area contributed by atoms with E-state index in [0.717, 1.165) is 0 Å². The maximum Gasteiger partial charge on any atom is 0.408 e. The van der Waals surface area contributed by atoms with E-state index in [4.69, 9.17) is 22.7 Å². The van der Waals surface area contributed by atoms with Crippen LogP contribution in [-0.2, 0) is 4.74 Å². The number of amides is 1. The lowest BCUT2D eigenvalue weighted by molar-refractivity contribution is 0.0517. The van der Waals surface area contributed by atoms with E-state index in [1.165, 1.54) is 0 Å². The van der Waals surface area contributed by atoms with Crippen LogP contribution in [0.3, 0.4) is 0 Å². The largest absolute Gasteiger partial charge is 0.444 e. The van der Waals surface area contributed by atoms with Gasteiger partial charge in [0.25, 0.3) is 0 Å². The van der Waals surface area contributed by atoms with E-state index in [9.17, 15) is 4.79 Å². The molecule has 16 heavy (non-hydrogen) atoms. The molecule has 1 amide bonds. The molecule has 0 fully saturated rings. The van der Waals surface area contributed by atoms with Gasteiger partial charge in [0.05, 0.1) is 11.0 Å². The van der Waals surface area contributed by atoms with Crippen LogP contribution in [0.1, 0.15) is 48.0 Å². The molecule has 0 radical (unpaired) electrons. The van der Waals surface area contributed by atoms with Gasteiger partial charge in [0, 0.05) is 0 Å². The monoisotopic (exact) mass is 248 g/mol. The molecular weight excluding hydrogens is 224 g/mol. The van der Waals surface area contributed by atoms with Crippen molar-refractivity contribution in [1.29, 1.82) is 0 Å².